The first kappa shape index (κ1) is 13.2. The molecule has 0 aliphatic heterocycles. The van der Waals surface area contributed by atoms with Crippen LogP contribution < -0.4 is 5.32 Å². The number of aliphatic carboxylic acids is 1. The first-order chi connectivity index (χ1) is 7.41. The molecule has 1 aromatic carbocycles. The Morgan fingerprint density at radius 2 is 2.12 bits per heavy atom. The van der Waals surface area contributed by atoms with Crippen LogP contribution in [0.3, 0.4) is 0 Å². The fourth-order valence-electron chi connectivity index (χ4n) is 0.944. The van der Waals surface area contributed by atoms with E-state index in [0.29, 0.717) is 10.7 Å². The molecule has 1 aromatic rings. The third-order valence-electron chi connectivity index (χ3n) is 1.95. The summed E-state index contributed by atoms with van der Waals surface area (Å²) in [5.74, 6) is -2.78. The van der Waals surface area contributed by atoms with Crippen molar-refractivity contribution in [1.29, 1.82) is 0 Å². The quantitative estimate of drug-likeness (QED) is 0.648. The molecule has 0 aliphatic carbocycles. The first-order valence-corrected chi connectivity index (χ1v) is 5.86. The second-order valence-electron chi connectivity index (χ2n) is 3.17. The Morgan fingerprint density at radius 1 is 1.50 bits per heavy atom. The molecule has 4 nitrogen and oxygen atoms in total. The van der Waals surface area contributed by atoms with Gasteiger partial charge in [0.25, 0.3) is 0 Å². The monoisotopic (exact) mass is 353 g/mol. The van der Waals surface area contributed by atoms with Crippen LogP contribution in [0.4, 0.5) is 5.69 Å². The van der Waals surface area contributed by atoms with Gasteiger partial charge < -0.3 is 10.4 Å². The van der Waals surface area contributed by atoms with Gasteiger partial charge in [-0.25, -0.2) is 0 Å². The van der Waals surface area contributed by atoms with Crippen molar-refractivity contribution in [2.75, 3.05) is 5.32 Å². The van der Waals surface area contributed by atoms with Gasteiger partial charge in [0.05, 0.1) is 5.69 Å². The summed E-state index contributed by atoms with van der Waals surface area (Å²) >= 11 is 7.77. The molecule has 0 aromatic heterocycles. The van der Waals surface area contributed by atoms with Crippen LogP contribution in [0.2, 0.25) is 5.02 Å². The van der Waals surface area contributed by atoms with Crippen LogP contribution in [0, 0.1) is 9.49 Å². The Labute approximate surface area is 111 Å². The van der Waals surface area contributed by atoms with E-state index in [9.17, 15) is 9.59 Å². The number of carboxylic acid groups (broad SMARTS) is 1. The zero-order valence-corrected chi connectivity index (χ0v) is 11.2. The van der Waals surface area contributed by atoms with Crippen LogP contribution in [0.5, 0.6) is 0 Å². The van der Waals surface area contributed by atoms with E-state index in [1.165, 1.54) is 6.92 Å². The fraction of sp³-hybridized carbons (Fsp3) is 0.200. The van der Waals surface area contributed by atoms with Gasteiger partial charge in [-0.05, 0) is 47.7 Å². The normalized spacial score (nSPS) is 11.9. The maximum Gasteiger partial charge on any atom is 0.315 e. The molecule has 1 atom stereocenters. The minimum atomic E-state index is -1.15. The molecule has 0 saturated heterocycles. The predicted molar refractivity (Wildman–Crippen MR) is 69.6 cm³/mol. The summed E-state index contributed by atoms with van der Waals surface area (Å²) in [6, 6.07) is 4.95. The maximum atomic E-state index is 11.5. The highest BCUT2D eigenvalue weighted by Crippen LogP contribution is 2.22. The number of hydrogen-bond acceptors (Lipinski definition) is 2. The van der Waals surface area contributed by atoms with Crippen molar-refractivity contribution >= 4 is 51.8 Å². The largest absolute Gasteiger partial charge is 0.481 e. The van der Waals surface area contributed by atoms with E-state index in [4.69, 9.17) is 16.7 Å². The van der Waals surface area contributed by atoms with Gasteiger partial charge in [0, 0.05) is 8.59 Å². The number of anilines is 1. The van der Waals surface area contributed by atoms with Crippen molar-refractivity contribution in [1.82, 2.24) is 0 Å². The van der Waals surface area contributed by atoms with Crippen LogP contribution >= 0.6 is 34.2 Å². The Bertz CT molecular complexity index is 436. The van der Waals surface area contributed by atoms with E-state index in [1.54, 1.807) is 18.2 Å². The highest BCUT2D eigenvalue weighted by Gasteiger charge is 2.20. The van der Waals surface area contributed by atoms with E-state index < -0.39 is 17.8 Å². The standard InChI is InChI=1S/C10H9ClINO3/c1-5(10(15)16)9(14)13-8-3-2-6(11)4-7(8)12/h2-5H,1H3,(H,13,14)(H,15,16). The number of carboxylic acids is 1. The number of hydrogen-bond donors (Lipinski definition) is 2. The van der Waals surface area contributed by atoms with Gasteiger partial charge in [-0.2, -0.15) is 0 Å². The molecule has 1 rings (SSSR count). The van der Waals surface area contributed by atoms with Crippen LogP contribution in [0.1, 0.15) is 6.92 Å². The molecule has 0 radical (unpaired) electrons. The second-order valence-corrected chi connectivity index (χ2v) is 4.77. The number of carbonyl (C=O) groups is 2. The van der Waals surface area contributed by atoms with Crippen molar-refractivity contribution in [3.8, 4) is 0 Å². The Hall–Kier alpha value is -0.820. The Balaban J connectivity index is 2.81. The lowest BCUT2D eigenvalue weighted by molar-refractivity contribution is -0.144. The number of amides is 1. The smallest absolute Gasteiger partial charge is 0.315 e. The van der Waals surface area contributed by atoms with Gasteiger partial charge in [0.15, 0.2) is 0 Å². The summed E-state index contributed by atoms with van der Waals surface area (Å²) in [7, 11) is 0. The molecular weight excluding hydrogens is 344 g/mol. The van der Waals surface area contributed by atoms with E-state index >= 15 is 0 Å². The van der Waals surface area contributed by atoms with E-state index in [0.717, 1.165) is 3.57 Å². The maximum absolute atomic E-state index is 11.5. The van der Waals surface area contributed by atoms with Gasteiger partial charge in [-0.1, -0.05) is 11.6 Å². The lowest BCUT2D eigenvalue weighted by Crippen LogP contribution is -2.27. The summed E-state index contributed by atoms with van der Waals surface area (Å²) in [5.41, 5.74) is 0.558. The van der Waals surface area contributed by atoms with Crippen molar-refractivity contribution in [2.45, 2.75) is 6.92 Å². The highest BCUT2D eigenvalue weighted by atomic mass is 127. The topological polar surface area (TPSA) is 66.4 Å². The summed E-state index contributed by atoms with van der Waals surface area (Å²) in [5, 5.41) is 11.8. The SMILES string of the molecule is CC(C(=O)O)C(=O)Nc1ccc(Cl)cc1I. The summed E-state index contributed by atoms with van der Waals surface area (Å²) in [6.07, 6.45) is 0. The average Bonchev–Trinajstić information content (AvgIpc) is 2.20. The average molecular weight is 354 g/mol. The van der Waals surface area contributed by atoms with Crippen molar-refractivity contribution < 1.29 is 14.7 Å². The van der Waals surface area contributed by atoms with Crippen LogP contribution in [-0.4, -0.2) is 17.0 Å². The molecule has 0 fully saturated rings. The minimum absolute atomic E-state index is 0.548. The zero-order chi connectivity index (χ0) is 12.3. The molecule has 1 amide bonds. The molecule has 0 bridgehead atoms. The van der Waals surface area contributed by atoms with Crippen LogP contribution in [0.25, 0.3) is 0 Å². The summed E-state index contributed by atoms with van der Waals surface area (Å²) in [4.78, 5) is 22.0. The molecule has 0 saturated carbocycles. The number of benzene rings is 1. The third kappa shape index (κ3) is 3.34. The zero-order valence-electron chi connectivity index (χ0n) is 8.33. The Kier molecular flexibility index (Phi) is 4.55. The van der Waals surface area contributed by atoms with Crippen molar-refractivity contribution in [2.24, 2.45) is 5.92 Å². The van der Waals surface area contributed by atoms with Gasteiger partial charge in [0.2, 0.25) is 5.91 Å². The molecule has 6 heteroatoms. The number of carbonyl (C=O) groups excluding carboxylic acids is 1. The van der Waals surface area contributed by atoms with Gasteiger partial charge in [0.1, 0.15) is 5.92 Å². The van der Waals surface area contributed by atoms with Gasteiger partial charge >= 0.3 is 5.97 Å². The molecular formula is C10H9ClINO3. The minimum Gasteiger partial charge on any atom is -0.481 e. The number of rotatable bonds is 3. The molecule has 86 valence electrons. The molecule has 0 spiro atoms. The van der Waals surface area contributed by atoms with Crippen LogP contribution in [-0.2, 0) is 9.59 Å². The summed E-state index contributed by atoms with van der Waals surface area (Å²) < 4.78 is 0.760. The van der Waals surface area contributed by atoms with Crippen LogP contribution in [0.15, 0.2) is 18.2 Å². The molecule has 0 aliphatic rings. The molecule has 2 N–H and O–H groups in total. The molecule has 16 heavy (non-hydrogen) atoms. The molecule has 1 unspecified atom stereocenters. The van der Waals surface area contributed by atoms with Gasteiger partial charge in [-0.15, -0.1) is 0 Å². The van der Waals surface area contributed by atoms with Crippen molar-refractivity contribution in [3.05, 3.63) is 26.8 Å². The van der Waals surface area contributed by atoms with E-state index in [1.807, 2.05) is 22.6 Å². The third-order valence-corrected chi connectivity index (χ3v) is 3.08. The lowest BCUT2D eigenvalue weighted by Gasteiger charge is -2.10. The summed E-state index contributed by atoms with van der Waals surface area (Å²) in [6.45, 7) is 1.33. The van der Waals surface area contributed by atoms with E-state index in [2.05, 4.69) is 5.32 Å². The van der Waals surface area contributed by atoms with Crippen molar-refractivity contribution in [3.63, 3.8) is 0 Å². The number of nitrogens with one attached hydrogen (secondary N) is 1. The Morgan fingerprint density at radius 3 is 2.62 bits per heavy atom. The second kappa shape index (κ2) is 5.49. The highest BCUT2D eigenvalue weighted by molar-refractivity contribution is 14.1. The first-order valence-electron chi connectivity index (χ1n) is 4.40. The molecule has 0 heterocycles. The number of halogens is 2. The predicted octanol–water partition coefficient (Wildman–Crippen LogP) is 2.60. The fourth-order valence-corrected chi connectivity index (χ4v) is 1.95. The van der Waals surface area contributed by atoms with Gasteiger partial charge in [-0.3, -0.25) is 9.59 Å². The lowest BCUT2D eigenvalue weighted by atomic mass is 10.1. The van der Waals surface area contributed by atoms with E-state index in [-0.39, 0.29) is 0 Å².